The van der Waals surface area contributed by atoms with E-state index in [-0.39, 0.29) is 69.3 Å². The predicted molar refractivity (Wildman–Crippen MR) is 65.1 cm³/mol. The summed E-state index contributed by atoms with van der Waals surface area (Å²) < 4.78 is 0.844. The number of hydrogen-bond donors (Lipinski definition) is 3. The topological polar surface area (TPSA) is 77.8 Å². The summed E-state index contributed by atoms with van der Waals surface area (Å²) in [5.74, 6) is -1.31. The summed E-state index contributed by atoms with van der Waals surface area (Å²) in [4.78, 5) is 10.3. The molecule has 3 N–H and O–H groups in total. The van der Waals surface area contributed by atoms with E-state index in [0.29, 0.717) is 0 Å². The van der Waals surface area contributed by atoms with E-state index in [4.69, 9.17) is 15.3 Å². The van der Waals surface area contributed by atoms with Crippen molar-refractivity contribution in [3.63, 3.8) is 0 Å². The Morgan fingerprint density at radius 2 is 1.72 bits per heavy atom. The Morgan fingerprint density at radius 1 is 1.22 bits per heavy atom. The van der Waals surface area contributed by atoms with Crippen LogP contribution >= 0.6 is 0 Å². The number of para-hydroxylation sites is 1. The minimum Gasteiger partial charge on any atom is -0.507 e. The van der Waals surface area contributed by atoms with Crippen LogP contribution in [0.3, 0.4) is 0 Å². The van der Waals surface area contributed by atoms with Crippen molar-refractivity contribution in [1.82, 2.24) is 0 Å². The molecule has 0 aliphatic carbocycles. The molecule has 0 aliphatic rings. The van der Waals surface area contributed by atoms with Crippen LogP contribution in [0.15, 0.2) is 24.3 Å². The molecule has 0 heterocycles. The van der Waals surface area contributed by atoms with E-state index < -0.39 is 5.97 Å². The van der Waals surface area contributed by atoms with Gasteiger partial charge in [-0.05, 0) is 12.1 Å². The minimum atomic E-state index is -1.11. The largest absolute Gasteiger partial charge is 1.00 e. The van der Waals surface area contributed by atoms with Crippen LogP contribution in [0.5, 0.6) is 5.75 Å². The SMILES string of the molecule is C[N+](C)(C)CCO.O=C(O)c1ccccc1O.[K+]. The fourth-order valence-corrected chi connectivity index (χ4v) is 0.954. The Labute approximate surface area is 150 Å². The first-order chi connectivity index (χ1) is 7.78. The Balaban J connectivity index is 0. The molecule has 1 rings (SSSR count). The maximum atomic E-state index is 10.3. The van der Waals surface area contributed by atoms with Gasteiger partial charge < -0.3 is 19.8 Å². The molecular formula is C12H20KNO4+2. The number of carboxylic acids is 1. The van der Waals surface area contributed by atoms with Crippen LogP contribution in [-0.4, -0.2) is 60.1 Å². The minimum absolute atomic E-state index is 0. The van der Waals surface area contributed by atoms with E-state index in [0.717, 1.165) is 11.0 Å². The van der Waals surface area contributed by atoms with Crippen LogP contribution in [0.2, 0.25) is 0 Å². The van der Waals surface area contributed by atoms with Gasteiger partial charge in [0.1, 0.15) is 17.9 Å². The maximum Gasteiger partial charge on any atom is 1.00 e. The molecule has 0 radical (unpaired) electrons. The van der Waals surface area contributed by atoms with Crippen molar-refractivity contribution in [3.8, 4) is 5.75 Å². The Morgan fingerprint density at radius 3 is 1.94 bits per heavy atom. The molecule has 1 aromatic carbocycles. The zero-order valence-electron chi connectivity index (χ0n) is 11.4. The van der Waals surface area contributed by atoms with Crippen LogP contribution in [0.4, 0.5) is 0 Å². The van der Waals surface area contributed by atoms with Gasteiger partial charge in [0.2, 0.25) is 0 Å². The van der Waals surface area contributed by atoms with Crippen molar-refractivity contribution in [2.45, 2.75) is 0 Å². The molecule has 0 saturated heterocycles. The molecule has 1 aromatic rings. The van der Waals surface area contributed by atoms with Crippen molar-refractivity contribution >= 4 is 5.97 Å². The van der Waals surface area contributed by atoms with Crippen molar-refractivity contribution in [2.24, 2.45) is 0 Å². The number of phenols is 1. The Hall–Kier alpha value is 0.0464. The molecule has 0 aliphatic heterocycles. The Bertz CT molecular complexity index is 363. The van der Waals surface area contributed by atoms with Crippen molar-refractivity contribution in [2.75, 3.05) is 34.3 Å². The van der Waals surface area contributed by atoms with Gasteiger partial charge in [0.25, 0.3) is 0 Å². The number of aromatic hydroxyl groups is 1. The van der Waals surface area contributed by atoms with Gasteiger partial charge in [-0.2, -0.15) is 0 Å². The second-order valence-electron chi connectivity index (χ2n) is 4.56. The molecule has 5 nitrogen and oxygen atoms in total. The first-order valence-corrected chi connectivity index (χ1v) is 5.20. The molecule has 18 heavy (non-hydrogen) atoms. The first-order valence-electron chi connectivity index (χ1n) is 5.20. The number of aromatic carboxylic acids is 1. The number of benzene rings is 1. The van der Waals surface area contributed by atoms with Gasteiger partial charge in [0.15, 0.2) is 0 Å². The normalized spacial score (nSPS) is 9.78. The van der Waals surface area contributed by atoms with E-state index in [1.165, 1.54) is 12.1 Å². The quantitative estimate of drug-likeness (QED) is 0.433. The summed E-state index contributed by atoms with van der Waals surface area (Å²) >= 11 is 0. The molecule has 0 unspecified atom stereocenters. The summed E-state index contributed by atoms with van der Waals surface area (Å²) in [6, 6.07) is 5.81. The average molecular weight is 281 g/mol. The first kappa shape index (κ1) is 20.4. The van der Waals surface area contributed by atoms with Gasteiger partial charge in [0.05, 0.1) is 27.7 Å². The predicted octanol–water partition coefficient (Wildman–Crippen LogP) is -2.22. The molecule has 0 saturated carbocycles. The molecule has 6 heteroatoms. The molecule has 0 fully saturated rings. The summed E-state index contributed by atoms with van der Waals surface area (Å²) in [6.07, 6.45) is 0. The molecular weight excluding hydrogens is 261 g/mol. The molecule has 0 aromatic heterocycles. The van der Waals surface area contributed by atoms with Crippen LogP contribution in [-0.2, 0) is 0 Å². The number of nitrogens with zero attached hydrogens (tertiary/aromatic N) is 1. The van der Waals surface area contributed by atoms with Crippen LogP contribution in [0, 0.1) is 0 Å². The Kier molecular flexibility index (Phi) is 11.2. The van der Waals surface area contributed by atoms with Crippen LogP contribution in [0.25, 0.3) is 0 Å². The third-order valence-corrected chi connectivity index (χ3v) is 1.91. The molecule has 0 amide bonds. The summed E-state index contributed by atoms with van der Waals surface area (Å²) in [7, 11) is 6.16. The van der Waals surface area contributed by atoms with E-state index in [1.54, 1.807) is 12.1 Å². The van der Waals surface area contributed by atoms with Crippen LogP contribution < -0.4 is 51.4 Å². The fraction of sp³-hybridized carbons (Fsp3) is 0.417. The van der Waals surface area contributed by atoms with E-state index in [2.05, 4.69) is 21.1 Å². The molecule has 96 valence electrons. The smallest absolute Gasteiger partial charge is 0.507 e. The maximum absolute atomic E-state index is 10.3. The third kappa shape index (κ3) is 10.0. The van der Waals surface area contributed by atoms with Gasteiger partial charge in [-0.25, -0.2) is 4.79 Å². The van der Waals surface area contributed by atoms with E-state index in [1.807, 2.05) is 0 Å². The zero-order valence-corrected chi connectivity index (χ0v) is 14.5. The van der Waals surface area contributed by atoms with Gasteiger partial charge in [0, 0.05) is 0 Å². The second-order valence-corrected chi connectivity index (χ2v) is 4.56. The second kappa shape index (κ2) is 9.91. The number of likely N-dealkylation sites (N-methyl/N-ethyl adjacent to an activating group) is 1. The van der Waals surface area contributed by atoms with E-state index >= 15 is 0 Å². The summed E-state index contributed by atoms with van der Waals surface area (Å²) in [5.41, 5.74) is -0.0671. The summed E-state index contributed by atoms with van der Waals surface area (Å²) in [5, 5.41) is 25.7. The van der Waals surface area contributed by atoms with E-state index in [9.17, 15) is 4.79 Å². The number of carbonyl (C=O) groups is 1. The molecule has 0 bridgehead atoms. The summed E-state index contributed by atoms with van der Waals surface area (Å²) in [6.45, 7) is 1.11. The number of hydrogen-bond acceptors (Lipinski definition) is 3. The number of quaternary nitrogens is 1. The van der Waals surface area contributed by atoms with Crippen molar-refractivity contribution in [3.05, 3.63) is 29.8 Å². The average Bonchev–Trinajstić information content (AvgIpc) is 2.16. The van der Waals surface area contributed by atoms with Gasteiger partial charge in [-0.1, -0.05) is 12.1 Å². The van der Waals surface area contributed by atoms with Gasteiger partial charge in [-0.3, -0.25) is 0 Å². The number of aliphatic hydroxyl groups is 1. The van der Waals surface area contributed by atoms with Crippen LogP contribution in [0.1, 0.15) is 10.4 Å². The number of aliphatic hydroxyl groups excluding tert-OH is 1. The number of carboxylic acid groups (broad SMARTS) is 1. The monoisotopic (exact) mass is 281 g/mol. The third-order valence-electron chi connectivity index (χ3n) is 1.91. The molecule has 0 atom stereocenters. The standard InChI is InChI=1S/C7H6O3.C5H14NO.K/c8-6-4-2-1-3-5(6)7(9)10;1-6(2,3)4-5-7;/h1-4,8H,(H,9,10);7H,4-5H2,1-3H3;/q;2*+1. The zero-order chi connectivity index (χ0) is 13.5. The fourth-order valence-electron chi connectivity index (χ4n) is 0.954. The number of rotatable bonds is 3. The van der Waals surface area contributed by atoms with Gasteiger partial charge >= 0.3 is 57.4 Å². The molecule has 0 spiro atoms. The van der Waals surface area contributed by atoms with Crippen molar-refractivity contribution in [1.29, 1.82) is 0 Å². The van der Waals surface area contributed by atoms with Gasteiger partial charge in [-0.15, -0.1) is 0 Å². The van der Waals surface area contributed by atoms with Crippen molar-refractivity contribution < 1.29 is 76.0 Å².